The van der Waals surface area contributed by atoms with Crippen molar-refractivity contribution in [3.8, 4) is 6.07 Å². The maximum atomic E-state index is 12.8. The SMILES string of the molecule is [C-]#[N+]c1ccc2c(c1)[nH]c1c3[nH]c4cc(C#N)ccc4c3c3c(c21)C(=O)CC3=O. The molecule has 0 bridgehead atoms. The largest absolute Gasteiger partial charge is 0.354 e. The van der Waals surface area contributed by atoms with E-state index < -0.39 is 0 Å². The summed E-state index contributed by atoms with van der Waals surface area (Å²) in [5, 5.41) is 12.3. The number of benzene rings is 3. The van der Waals surface area contributed by atoms with Crippen molar-refractivity contribution < 1.29 is 9.59 Å². The molecule has 3 aromatic carbocycles. The summed E-state index contributed by atoms with van der Waals surface area (Å²) in [5.74, 6) is -0.371. The van der Waals surface area contributed by atoms with Crippen LogP contribution in [0.3, 0.4) is 0 Å². The molecule has 5 aromatic rings. The zero-order valence-corrected chi connectivity index (χ0v) is 14.9. The highest BCUT2D eigenvalue weighted by molar-refractivity contribution is 6.40. The number of Topliss-reactive ketones (excluding diaryl/α,β-unsaturated/α-hetero) is 2. The van der Waals surface area contributed by atoms with E-state index in [-0.39, 0.29) is 18.0 Å². The van der Waals surface area contributed by atoms with E-state index in [0.29, 0.717) is 33.2 Å². The van der Waals surface area contributed by atoms with E-state index in [0.717, 1.165) is 32.8 Å². The average Bonchev–Trinajstić information content (AvgIpc) is 3.37. The number of carbonyl (C=O) groups is 2. The number of nitriles is 1. The van der Waals surface area contributed by atoms with Crippen molar-refractivity contribution in [3.63, 3.8) is 0 Å². The van der Waals surface area contributed by atoms with Crippen LogP contribution in [0.25, 0.3) is 48.5 Å². The van der Waals surface area contributed by atoms with Crippen molar-refractivity contribution in [2.45, 2.75) is 6.42 Å². The number of ketones is 2. The lowest BCUT2D eigenvalue weighted by atomic mass is 9.96. The van der Waals surface area contributed by atoms with Gasteiger partial charge in [0.1, 0.15) is 0 Å². The molecule has 0 aliphatic heterocycles. The second kappa shape index (κ2) is 5.09. The number of H-pyrrole nitrogens is 2. The maximum absolute atomic E-state index is 12.8. The van der Waals surface area contributed by atoms with Crippen LogP contribution in [0.15, 0.2) is 36.4 Å². The van der Waals surface area contributed by atoms with Crippen molar-refractivity contribution in [2.75, 3.05) is 0 Å². The summed E-state index contributed by atoms with van der Waals surface area (Å²) < 4.78 is 0. The summed E-state index contributed by atoms with van der Waals surface area (Å²) >= 11 is 0. The lowest BCUT2D eigenvalue weighted by Gasteiger charge is -2.04. The van der Waals surface area contributed by atoms with Gasteiger partial charge in [0, 0.05) is 43.7 Å². The first-order valence-electron chi connectivity index (χ1n) is 9.01. The number of nitrogens with zero attached hydrogens (tertiary/aromatic N) is 2. The van der Waals surface area contributed by atoms with Crippen molar-refractivity contribution in [3.05, 3.63) is 64.5 Å². The summed E-state index contributed by atoms with van der Waals surface area (Å²) in [6.45, 7) is 7.26. The molecule has 2 aromatic heterocycles. The van der Waals surface area contributed by atoms with Crippen molar-refractivity contribution in [1.82, 2.24) is 9.97 Å². The van der Waals surface area contributed by atoms with Gasteiger partial charge in [0.25, 0.3) is 0 Å². The number of hydrogen-bond donors (Lipinski definition) is 2. The Hall–Kier alpha value is -4.42. The van der Waals surface area contributed by atoms with Gasteiger partial charge in [-0.25, -0.2) is 4.85 Å². The molecule has 0 saturated heterocycles. The second-order valence-electron chi connectivity index (χ2n) is 7.24. The van der Waals surface area contributed by atoms with E-state index in [4.69, 9.17) is 6.57 Å². The van der Waals surface area contributed by atoms with Crippen molar-refractivity contribution in [1.29, 1.82) is 5.26 Å². The van der Waals surface area contributed by atoms with Crippen LogP contribution in [-0.2, 0) is 0 Å². The van der Waals surface area contributed by atoms with Crippen LogP contribution < -0.4 is 0 Å². The van der Waals surface area contributed by atoms with Crippen LogP contribution in [0.5, 0.6) is 0 Å². The fraction of sp³-hybridized carbons (Fsp3) is 0.0435. The third-order valence-electron chi connectivity index (χ3n) is 5.72. The molecule has 0 saturated carbocycles. The topological polar surface area (TPSA) is 93.9 Å². The molecule has 1 aliphatic rings. The molecule has 6 heteroatoms. The van der Waals surface area contributed by atoms with Crippen LogP contribution in [0.2, 0.25) is 0 Å². The van der Waals surface area contributed by atoms with Gasteiger partial charge in [-0.15, -0.1) is 0 Å². The molecule has 134 valence electrons. The standard InChI is InChI=1S/C23H10N4O2/c1-25-11-3-5-13-15(7-11)27-23-19(13)21-17(29)8-16(28)20(21)18-12-4-2-10(9-24)6-14(12)26-22(18)23/h2-7,26-27H,8H2. The minimum atomic E-state index is -0.186. The van der Waals surface area contributed by atoms with Gasteiger partial charge in [0.15, 0.2) is 17.3 Å². The molecule has 0 spiro atoms. The molecule has 1 aliphatic carbocycles. The number of fused-ring (bicyclic) bond motifs is 10. The minimum absolute atomic E-state index is 0.140. The molecular formula is C23H10N4O2. The Labute approximate surface area is 163 Å². The molecule has 0 amide bonds. The Morgan fingerprint density at radius 2 is 1.48 bits per heavy atom. The average molecular weight is 374 g/mol. The van der Waals surface area contributed by atoms with Crippen LogP contribution in [0.1, 0.15) is 32.7 Å². The fourth-order valence-electron chi connectivity index (χ4n) is 4.55. The molecule has 2 N–H and O–H groups in total. The predicted octanol–water partition coefficient (Wildman–Crippen LogP) is 5.15. The normalized spacial score (nSPS) is 13.4. The zero-order chi connectivity index (χ0) is 19.9. The molecule has 2 heterocycles. The van der Waals surface area contributed by atoms with Gasteiger partial charge < -0.3 is 9.97 Å². The highest BCUT2D eigenvalue weighted by atomic mass is 16.2. The van der Waals surface area contributed by atoms with E-state index in [1.807, 2.05) is 12.1 Å². The van der Waals surface area contributed by atoms with Gasteiger partial charge in [0.05, 0.1) is 35.7 Å². The van der Waals surface area contributed by atoms with E-state index in [1.54, 1.807) is 24.3 Å². The smallest absolute Gasteiger partial charge is 0.189 e. The number of aromatic amines is 2. The van der Waals surface area contributed by atoms with Gasteiger partial charge >= 0.3 is 0 Å². The van der Waals surface area contributed by atoms with E-state index >= 15 is 0 Å². The Bertz CT molecular complexity index is 1560. The molecule has 0 radical (unpaired) electrons. The van der Waals surface area contributed by atoms with Crippen LogP contribution in [0.4, 0.5) is 5.69 Å². The molecule has 0 unspecified atom stereocenters. The lowest BCUT2D eigenvalue weighted by molar-refractivity contribution is 0.0924. The number of carbonyl (C=O) groups excluding carboxylic acids is 2. The third-order valence-corrected chi connectivity index (χ3v) is 5.72. The number of hydrogen-bond acceptors (Lipinski definition) is 3. The highest BCUT2D eigenvalue weighted by Crippen LogP contribution is 2.44. The molecule has 0 fully saturated rings. The van der Waals surface area contributed by atoms with Gasteiger partial charge in [-0.2, -0.15) is 5.26 Å². The first kappa shape index (κ1) is 15.6. The quantitative estimate of drug-likeness (QED) is 0.290. The van der Waals surface area contributed by atoms with E-state index in [2.05, 4.69) is 20.9 Å². The van der Waals surface area contributed by atoms with Crippen LogP contribution in [0, 0.1) is 17.9 Å². The monoisotopic (exact) mass is 374 g/mol. The first-order valence-corrected chi connectivity index (χ1v) is 9.01. The Morgan fingerprint density at radius 1 is 0.897 bits per heavy atom. The van der Waals surface area contributed by atoms with E-state index in [1.165, 1.54) is 0 Å². The second-order valence-corrected chi connectivity index (χ2v) is 7.24. The molecular weight excluding hydrogens is 364 g/mol. The van der Waals surface area contributed by atoms with Crippen molar-refractivity contribution >= 4 is 60.9 Å². The van der Waals surface area contributed by atoms with Crippen LogP contribution >= 0.6 is 0 Å². The summed E-state index contributed by atoms with van der Waals surface area (Å²) in [5.41, 5.74) is 4.84. The number of rotatable bonds is 0. The van der Waals surface area contributed by atoms with E-state index in [9.17, 15) is 14.9 Å². The molecule has 0 atom stereocenters. The first-order chi connectivity index (χ1) is 14.1. The summed E-state index contributed by atoms with van der Waals surface area (Å²) in [6, 6.07) is 12.7. The van der Waals surface area contributed by atoms with Crippen molar-refractivity contribution in [2.24, 2.45) is 0 Å². The van der Waals surface area contributed by atoms with Gasteiger partial charge in [-0.3, -0.25) is 9.59 Å². The van der Waals surface area contributed by atoms with Gasteiger partial charge in [-0.05, 0) is 18.2 Å². The fourth-order valence-corrected chi connectivity index (χ4v) is 4.55. The van der Waals surface area contributed by atoms with Gasteiger partial charge in [0.2, 0.25) is 0 Å². The molecule has 29 heavy (non-hydrogen) atoms. The minimum Gasteiger partial charge on any atom is -0.354 e. The Balaban J connectivity index is 1.93. The summed E-state index contributed by atoms with van der Waals surface area (Å²) in [4.78, 5) is 35.8. The zero-order valence-electron chi connectivity index (χ0n) is 14.9. The van der Waals surface area contributed by atoms with Gasteiger partial charge in [-0.1, -0.05) is 18.2 Å². The predicted molar refractivity (Wildman–Crippen MR) is 109 cm³/mol. The number of nitrogens with one attached hydrogen (secondary N) is 2. The number of aromatic nitrogens is 2. The molecule has 6 rings (SSSR count). The third kappa shape index (κ3) is 1.82. The maximum Gasteiger partial charge on any atom is 0.189 e. The lowest BCUT2D eigenvalue weighted by Crippen LogP contribution is -1.94. The van der Waals surface area contributed by atoms with Crippen LogP contribution in [-0.4, -0.2) is 21.5 Å². The summed E-state index contributed by atoms with van der Waals surface area (Å²) in [7, 11) is 0. The highest BCUT2D eigenvalue weighted by Gasteiger charge is 2.34. The molecule has 6 nitrogen and oxygen atoms in total. The Morgan fingerprint density at radius 3 is 2.07 bits per heavy atom. The summed E-state index contributed by atoms with van der Waals surface area (Å²) in [6.07, 6.45) is -0.140. The Kier molecular flexibility index (Phi) is 2.74.